The molecule has 4 N–H and O–H groups in total. The Hall–Kier alpha value is -2.23. The van der Waals surface area contributed by atoms with Gasteiger partial charge in [0, 0.05) is 31.1 Å². The lowest BCUT2D eigenvalue weighted by molar-refractivity contribution is 0.0936. The van der Waals surface area contributed by atoms with E-state index in [2.05, 4.69) is 39.8 Å². The van der Waals surface area contributed by atoms with Gasteiger partial charge in [0.2, 0.25) is 5.82 Å². The Labute approximate surface area is 218 Å². The number of ether oxygens (including phenoxy) is 1. The average Bonchev–Trinajstić information content (AvgIpc) is 2.81. The van der Waals surface area contributed by atoms with Crippen molar-refractivity contribution in [3.05, 3.63) is 29.8 Å². The van der Waals surface area contributed by atoms with E-state index in [9.17, 15) is 9.18 Å². The zero-order chi connectivity index (χ0) is 23.8. The number of hydrogen-bond acceptors (Lipinski definition) is 6. The highest BCUT2D eigenvalue weighted by molar-refractivity contribution is 5.96. The van der Waals surface area contributed by atoms with Crippen molar-refractivity contribution >= 4 is 53.3 Å². The lowest BCUT2D eigenvalue weighted by Crippen LogP contribution is -2.49. The molecule has 0 bridgehead atoms. The van der Waals surface area contributed by atoms with Crippen LogP contribution in [0.4, 0.5) is 10.2 Å². The third-order valence-corrected chi connectivity index (χ3v) is 6.30. The van der Waals surface area contributed by atoms with Crippen LogP contribution in [-0.4, -0.2) is 54.1 Å². The van der Waals surface area contributed by atoms with Gasteiger partial charge in [0.1, 0.15) is 24.1 Å². The number of nitrogens with zero attached hydrogens (tertiary/aromatic N) is 2. The van der Waals surface area contributed by atoms with E-state index in [-0.39, 0.29) is 61.1 Å². The van der Waals surface area contributed by atoms with Gasteiger partial charge in [0.25, 0.3) is 5.91 Å². The van der Waals surface area contributed by atoms with E-state index in [0.29, 0.717) is 35.0 Å². The Morgan fingerprint density at radius 3 is 2.51 bits per heavy atom. The van der Waals surface area contributed by atoms with E-state index in [4.69, 9.17) is 10.1 Å². The van der Waals surface area contributed by atoms with E-state index >= 15 is 0 Å². The zero-order valence-electron chi connectivity index (χ0n) is 20.5. The van der Waals surface area contributed by atoms with E-state index in [0.717, 1.165) is 38.5 Å². The molecule has 196 valence electrons. The molecule has 0 aliphatic heterocycles. The first kappa shape index (κ1) is 30.8. The highest BCUT2D eigenvalue weighted by atomic mass is 35.5. The molecule has 1 fully saturated rings. The van der Waals surface area contributed by atoms with Crippen LogP contribution in [0.3, 0.4) is 0 Å². The number of amidine groups is 1. The maximum atomic E-state index is 14.1. The molecule has 0 unspecified atom stereocenters. The highest BCUT2D eigenvalue weighted by Gasteiger charge is 2.27. The van der Waals surface area contributed by atoms with Gasteiger partial charge in [0.05, 0.1) is 5.52 Å². The minimum atomic E-state index is -0.389. The molecule has 1 aliphatic rings. The fourth-order valence-electron chi connectivity index (χ4n) is 4.27. The largest absolute Gasteiger partial charge is 0.377 e. The third kappa shape index (κ3) is 8.44. The number of anilines is 1. The molecule has 11 heteroatoms. The molecule has 0 saturated heterocycles. The molecule has 1 aliphatic carbocycles. The van der Waals surface area contributed by atoms with Gasteiger partial charge in [-0.15, -0.1) is 24.8 Å². The number of benzene rings is 1. The van der Waals surface area contributed by atoms with Crippen LogP contribution in [0.2, 0.25) is 0 Å². The summed E-state index contributed by atoms with van der Waals surface area (Å²) in [5.74, 6) is 0.490. The van der Waals surface area contributed by atoms with Crippen LogP contribution >= 0.6 is 24.8 Å². The number of amides is 1. The molecule has 2 aromatic rings. The Morgan fingerprint density at radius 2 is 1.86 bits per heavy atom. The number of methoxy groups -OCH3 is 1. The Kier molecular flexibility index (Phi) is 13.2. The van der Waals surface area contributed by atoms with Crippen molar-refractivity contribution in [3.63, 3.8) is 0 Å². The van der Waals surface area contributed by atoms with E-state index < -0.39 is 0 Å². The van der Waals surface area contributed by atoms with Crippen molar-refractivity contribution < 1.29 is 13.9 Å². The Bertz CT molecular complexity index is 976. The first-order valence-corrected chi connectivity index (χ1v) is 11.8. The van der Waals surface area contributed by atoms with Crippen molar-refractivity contribution in [1.82, 2.24) is 20.6 Å². The number of nitrogens with one attached hydrogen (secondary N) is 4. The molecule has 8 nitrogen and oxygen atoms in total. The standard InChI is InChI=1S/C24H35FN6O2.2ClH/c1-4-15(5-2)13-27-24(32)23-29-18-11-10-16(25)12-17(18)22(31-23)30-20-9-7-6-8-19(20)28-21(26)14-33-3;;/h10-12,15,19-20H,4-9,13-14H2,1-3H3,(H2,26,28)(H,27,32)(H,29,30,31);2*1H/t19-,20+;;/m1../s1. The Morgan fingerprint density at radius 1 is 1.17 bits per heavy atom. The molecule has 1 amide bonds. The second-order valence-corrected chi connectivity index (χ2v) is 8.65. The number of halogens is 3. The minimum Gasteiger partial charge on any atom is -0.377 e. The molecule has 1 heterocycles. The highest BCUT2D eigenvalue weighted by Crippen LogP contribution is 2.27. The molecule has 1 saturated carbocycles. The second kappa shape index (κ2) is 15.0. The summed E-state index contributed by atoms with van der Waals surface area (Å²) in [7, 11) is 1.56. The number of fused-ring (bicyclic) bond motifs is 1. The van der Waals surface area contributed by atoms with Gasteiger partial charge in [-0.2, -0.15) is 0 Å². The fourth-order valence-corrected chi connectivity index (χ4v) is 4.27. The molecule has 2 atom stereocenters. The monoisotopic (exact) mass is 530 g/mol. The number of rotatable bonds is 10. The van der Waals surface area contributed by atoms with Crippen molar-refractivity contribution in [2.75, 3.05) is 25.6 Å². The molecule has 3 rings (SSSR count). The van der Waals surface area contributed by atoms with Gasteiger partial charge < -0.3 is 20.7 Å². The van der Waals surface area contributed by atoms with Gasteiger partial charge in [0.15, 0.2) is 0 Å². The van der Waals surface area contributed by atoms with Crippen molar-refractivity contribution in [3.8, 4) is 0 Å². The summed E-state index contributed by atoms with van der Waals surface area (Å²) in [6.07, 6.45) is 5.82. The molecular formula is C24H37Cl2FN6O2. The zero-order valence-corrected chi connectivity index (χ0v) is 22.2. The smallest absolute Gasteiger partial charge is 0.289 e. The predicted octanol–water partition coefficient (Wildman–Crippen LogP) is 4.71. The predicted molar refractivity (Wildman–Crippen MR) is 143 cm³/mol. The van der Waals surface area contributed by atoms with E-state index in [1.807, 2.05) is 0 Å². The van der Waals surface area contributed by atoms with Gasteiger partial charge in [-0.05, 0) is 37.0 Å². The van der Waals surface area contributed by atoms with E-state index in [1.165, 1.54) is 12.1 Å². The van der Waals surface area contributed by atoms with Crippen LogP contribution in [0.5, 0.6) is 0 Å². The Balaban J connectivity index is 0.00000306. The van der Waals surface area contributed by atoms with Crippen LogP contribution in [0.1, 0.15) is 63.0 Å². The van der Waals surface area contributed by atoms with Crippen molar-refractivity contribution in [1.29, 1.82) is 5.41 Å². The van der Waals surface area contributed by atoms with Gasteiger partial charge in [-0.3, -0.25) is 10.2 Å². The summed E-state index contributed by atoms with van der Waals surface area (Å²) in [6.45, 7) is 4.98. The quantitative estimate of drug-likeness (QED) is 0.261. The first-order chi connectivity index (χ1) is 15.9. The van der Waals surface area contributed by atoms with Crippen molar-refractivity contribution in [2.24, 2.45) is 5.92 Å². The fraction of sp³-hybridized carbons (Fsp3) is 0.583. The molecule has 0 radical (unpaired) electrons. The van der Waals surface area contributed by atoms with Crippen LogP contribution in [0.25, 0.3) is 10.9 Å². The minimum absolute atomic E-state index is 0. The molecule has 1 aromatic carbocycles. The molecule has 1 aromatic heterocycles. The summed E-state index contributed by atoms with van der Waals surface area (Å²) in [5.41, 5.74) is 0.508. The summed E-state index contributed by atoms with van der Waals surface area (Å²) in [6, 6.07) is 4.27. The SMILES string of the molecule is CCC(CC)CNC(=O)c1nc(N[C@H]2CCCC[C@H]2NC(=N)COC)c2cc(F)ccc2n1.Cl.Cl. The van der Waals surface area contributed by atoms with Crippen LogP contribution < -0.4 is 16.0 Å². The summed E-state index contributed by atoms with van der Waals surface area (Å²) < 4.78 is 19.1. The lowest BCUT2D eigenvalue weighted by Gasteiger charge is -2.34. The maximum Gasteiger partial charge on any atom is 0.289 e. The van der Waals surface area contributed by atoms with E-state index in [1.54, 1.807) is 13.2 Å². The topological polar surface area (TPSA) is 112 Å². The third-order valence-electron chi connectivity index (χ3n) is 6.30. The van der Waals surface area contributed by atoms with Gasteiger partial charge >= 0.3 is 0 Å². The lowest BCUT2D eigenvalue weighted by atomic mass is 9.90. The van der Waals surface area contributed by atoms with Crippen LogP contribution in [-0.2, 0) is 4.74 Å². The molecule has 35 heavy (non-hydrogen) atoms. The maximum absolute atomic E-state index is 14.1. The molecule has 0 spiro atoms. The summed E-state index contributed by atoms with van der Waals surface area (Å²) in [5, 5.41) is 18.2. The summed E-state index contributed by atoms with van der Waals surface area (Å²) in [4.78, 5) is 21.7. The van der Waals surface area contributed by atoms with Gasteiger partial charge in [-0.1, -0.05) is 39.5 Å². The second-order valence-electron chi connectivity index (χ2n) is 8.65. The van der Waals surface area contributed by atoms with Crippen LogP contribution in [0, 0.1) is 17.1 Å². The normalized spacial score (nSPS) is 17.3. The molecular weight excluding hydrogens is 494 g/mol. The number of carbonyl (C=O) groups excluding carboxylic acids is 1. The van der Waals surface area contributed by atoms with Crippen LogP contribution in [0.15, 0.2) is 18.2 Å². The van der Waals surface area contributed by atoms with Gasteiger partial charge in [-0.25, -0.2) is 14.4 Å². The average molecular weight is 532 g/mol. The number of hydrogen-bond donors (Lipinski definition) is 4. The van der Waals surface area contributed by atoms with Crippen molar-refractivity contribution in [2.45, 2.75) is 64.5 Å². The summed E-state index contributed by atoms with van der Waals surface area (Å²) >= 11 is 0. The number of carbonyl (C=O) groups is 1. The number of aromatic nitrogens is 2. The first-order valence-electron chi connectivity index (χ1n) is 11.8.